The summed E-state index contributed by atoms with van der Waals surface area (Å²) in [5.41, 5.74) is 0.617. The third-order valence-corrected chi connectivity index (χ3v) is 5.73. The molecule has 0 bridgehead atoms. The van der Waals surface area contributed by atoms with Crippen LogP contribution in [0.5, 0.6) is 11.5 Å². The molecule has 0 unspecified atom stereocenters. The van der Waals surface area contributed by atoms with Gasteiger partial charge in [0.2, 0.25) is 10.0 Å². The highest BCUT2D eigenvalue weighted by molar-refractivity contribution is 7.89. The maximum atomic E-state index is 12.5. The van der Waals surface area contributed by atoms with Gasteiger partial charge in [-0.25, -0.2) is 12.7 Å². The lowest BCUT2D eigenvalue weighted by Gasteiger charge is -2.15. The van der Waals surface area contributed by atoms with Crippen molar-refractivity contribution in [3.63, 3.8) is 0 Å². The highest BCUT2D eigenvalue weighted by Gasteiger charge is 2.24. The van der Waals surface area contributed by atoms with Crippen molar-refractivity contribution in [2.24, 2.45) is 0 Å². The molecule has 0 radical (unpaired) electrons. The number of carbonyl (C=O) groups excluding carboxylic acids is 1. The van der Waals surface area contributed by atoms with Gasteiger partial charge in [-0.15, -0.1) is 0 Å². The number of halogens is 1. The van der Waals surface area contributed by atoms with Gasteiger partial charge in [0.1, 0.15) is 16.4 Å². The van der Waals surface area contributed by atoms with E-state index in [1.165, 1.54) is 46.5 Å². The van der Waals surface area contributed by atoms with Crippen LogP contribution < -0.4 is 14.8 Å². The number of sulfonamides is 1. The highest BCUT2D eigenvalue weighted by Crippen LogP contribution is 2.29. The number of rotatable bonds is 6. The van der Waals surface area contributed by atoms with Crippen molar-refractivity contribution in [1.82, 2.24) is 4.31 Å². The molecule has 2 aromatic rings. The van der Waals surface area contributed by atoms with Crippen LogP contribution >= 0.6 is 11.6 Å². The minimum absolute atomic E-state index is 0.0922. The van der Waals surface area contributed by atoms with Gasteiger partial charge in [-0.2, -0.15) is 0 Å². The second kappa shape index (κ2) is 7.94. The quantitative estimate of drug-likeness (QED) is 0.808. The van der Waals surface area contributed by atoms with E-state index in [2.05, 4.69) is 5.32 Å². The molecule has 0 aliphatic carbocycles. The average molecular weight is 399 g/mol. The van der Waals surface area contributed by atoms with E-state index in [0.29, 0.717) is 16.5 Å². The zero-order valence-corrected chi connectivity index (χ0v) is 16.3. The summed E-state index contributed by atoms with van der Waals surface area (Å²) < 4.78 is 36.1. The molecular formula is C17H19ClN2O5S. The van der Waals surface area contributed by atoms with E-state index in [4.69, 9.17) is 21.1 Å². The molecule has 0 aliphatic heterocycles. The van der Waals surface area contributed by atoms with Crippen molar-refractivity contribution in [2.75, 3.05) is 33.6 Å². The number of nitrogens with one attached hydrogen (secondary N) is 1. The van der Waals surface area contributed by atoms with Crippen LogP contribution in [0.1, 0.15) is 10.4 Å². The molecule has 9 heteroatoms. The first kappa shape index (κ1) is 20.0. The van der Waals surface area contributed by atoms with Crippen LogP contribution in [0.25, 0.3) is 0 Å². The Bertz CT molecular complexity index is 929. The molecule has 0 atom stereocenters. The summed E-state index contributed by atoms with van der Waals surface area (Å²) in [5, 5.41) is 3.01. The summed E-state index contributed by atoms with van der Waals surface area (Å²) in [7, 11) is 1.89. The lowest BCUT2D eigenvalue weighted by Crippen LogP contribution is -2.23. The summed E-state index contributed by atoms with van der Waals surface area (Å²) in [6, 6.07) is 8.98. The number of amides is 1. The zero-order chi connectivity index (χ0) is 19.5. The van der Waals surface area contributed by atoms with Crippen molar-refractivity contribution in [3.05, 3.63) is 47.0 Å². The number of anilines is 1. The Hall–Kier alpha value is -2.29. The molecule has 2 aromatic carbocycles. The molecule has 1 N–H and O–H groups in total. The Morgan fingerprint density at radius 2 is 1.65 bits per heavy atom. The number of hydrogen-bond donors (Lipinski definition) is 1. The standard InChI is InChI=1S/C17H19ClN2O5S/c1-20(2)26(22,23)16-9-11(5-7-15(16)25-4)17(21)19-12-6-8-14(24-3)13(18)10-12/h5-10H,1-4H3,(H,19,21). The summed E-state index contributed by atoms with van der Waals surface area (Å²) >= 11 is 6.04. The smallest absolute Gasteiger partial charge is 0.255 e. The summed E-state index contributed by atoms with van der Waals surface area (Å²) in [5.74, 6) is 0.153. The first-order valence-electron chi connectivity index (χ1n) is 7.46. The van der Waals surface area contributed by atoms with E-state index >= 15 is 0 Å². The predicted molar refractivity (Wildman–Crippen MR) is 99.8 cm³/mol. The fourth-order valence-electron chi connectivity index (χ4n) is 2.16. The van der Waals surface area contributed by atoms with Gasteiger partial charge in [-0.05, 0) is 36.4 Å². The fraction of sp³-hybridized carbons (Fsp3) is 0.235. The van der Waals surface area contributed by atoms with Crippen LogP contribution in [0.2, 0.25) is 5.02 Å². The molecular weight excluding hydrogens is 380 g/mol. The molecule has 0 spiro atoms. The Kier molecular flexibility index (Phi) is 6.12. The molecule has 7 nitrogen and oxygen atoms in total. The van der Waals surface area contributed by atoms with Gasteiger partial charge >= 0.3 is 0 Å². The Morgan fingerprint density at radius 3 is 2.19 bits per heavy atom. The molecule has 0 saturated carbocycles. The van der Waals surface area contributed by atoms with Crippen molar-refractivity contribution < 1.29 is 22.7 Å². The fourth-order valence-corrected chi connectivity index (χ4v) is 3.50. The van der Waals surface area contributed by atoms with Crippen LogP contribution in [0, 0.1) is 0 Å². The first-order chi connectivity index (χ1) is 12.2. The SMILES string of the molecule is COc1ccc(NC(=O)c2ccc(OC)c(S(=O)(=O)N(C)C)c2)cc1Cl. The van der Waals surface area contributed by atoms with Gasteiger partial charge in [-0.1, -0.05) is 11.6 Å². The highest BCUT2D eigenvalue weighted by atomic mass is 35.5. The average Bonchev–Trinajstić information content (AvgIpc) is 2.61. The maximum absolute atomic E-state index is 12.5. The maximum Gasteiger partial charge on any atom is 0.255 e. The normalized spacial score (nSPS) is 11.3. The lowest BCUT2D eigenvalue weighted by atomic mass is 10.2. The minimum Gasteiger partial charge on any atom is -0.495 e. The predicted octanol–water partition coefficient (Wildman–Crippen LogP) is 2.86. The van der Waals surface area contributed by atoms with Crippen molar-refractivity contribution in [3.8, 4) is 11.5 Å². The van der Waals surface area contributed by atoms with Gasteiger partial charge in [0.15, 0.2) is 0 Å². The second-order valence-corrected chi connectivity index (χ2v) is 7.98. The monoisotopic (exact) mass is 398 g/mol. The molecule has 0 heterocycles. The van der Waals surface area contributed by atoms with E-state index in [9.17, 15) is 13.2 Å². The number of hydrogen-bond acceptors (Lipinski definition) is 5. The number of benzene rings is 2. The number of nitrogens with zero attached hydrogens (tertiary/aromatic N) is 1. The van der Waals surface area contributed by atoms with Gasteiger partial charge in [0.25, 0.3) is 5.91 Å². The topological polar surface area (TPSA) is 84.9 Å². The molecule has 0 aliphatic rings. The van der Waals surface area contributed by atoms with Gasteiger partial charge in [0.05, 0.1) is 19.2 Å². The van der Waals surface area contributed by atoms with Gasteiger partial charge in [0, 0.05) is 25.3 Å². The molecule has 0 fully saturated rings. The lowest BCUT2D eigenvalue weighted by molar-refractivity contribution is 0.102. The van der Waals surface area contributed by atoms with Crippen molar-refractivity contribution >= 4 is 33.2 Å². The van der Waals surface area contributed by atoms with Crippen molar-refractivity contribution in [1.29, 1.82) is 0 Å². The van der Waals surface area contributed by atoms with Crippen LogP contribution in [0.4, 0.5) is 5.69 Å². The van der Waals surface area contributed by atoms with E-state index < -0.39 is 15.9 Å². The van der Waals surface area contributed by atoms with E-state index in [1.807, 2.05) is 0 Å². The number of carbonyl (C=O) groups is 1. The molecule has 0 aromatic heterocycles. The third-order valence-electron chi connectivity index (χ3n) is 3.59. The summed E-state index contributed by atoms with van der Waals surface area (Å²) in [4.78, 5) is 12.4. The van der Waals surface area contributed by atoms with Crippen molar-refractivity contribution in [2.45, 2.75) is 4.90 Å². The Balaban J connectivity index is 2.37. The van der Waals surface area contributed by atoms with E-state index in [0.717, 1.165) is 4.31 Å². The largest absolute Gasteiger partial charge is 0.495 e. The van der Waals surface area contributed by atoms with Gasteiger partial charge < -0.3 is 14.8 Å². The van der Waals surface area contributed by atoms with E-state index in [-0.39, 0.29) is 16.2 Å². The number of methoxy groups -OCH3 is 2. The van der Waals surface area contributed by atoms with Crippen LogP contribution in [0.15, 0.2) is 41.3 Å². The molecule has 140 valence electrons. The van der Waals surface area contributed by atoms with Crippen LogP contribution in [0.3, 0.4) is 0 Å². The molecule has 26 heavy (non-hydrogen) atoms. The second-order valence-electron chi connectivity index (χ2n) is 5.46. The minimum atomic E-state index is -3.77. The zero-order valence-electron chi connectivity index (χ0n) is 14.7. The first-order valence-corrected chi connectivity index (χ1v) is 9.28. The van der Waals surface area contributed by atoms with Gasteiger partial charge in [-0.3, -0.25) is 4.79 Å². The van der Waals surface area contributed by atoms with E-state index in [1.54, 1.807) is 18.2 Å². The molecule has 2 rings (SSSR count). The summed E-state index contributed by atoms with van der Waals surface area (Å²) in [6.07, 6.45) is 0. The summed E-state index contributed by atoms with van der Waals surface area (Å²) in [6.45, 7) is 0. The Morgan fingerprint density at radius 1 is 1.04 bits per heavy atom. The third kappa shape index (κ3) is 4.09. The molecule has 0 saturated heterocycles. The van der Waals surface area contributed by atoms with Crippen LogP contribution in [-0.2, 0) is 10.0 Å². The number of ether oxygens (including phenoxy) is 2. The Labute approximate surface area is 157 Å². The van der Waals surface area contributed by atoms with Crippen LogP contribution in [-0.4, -0.2) is 46.9 Å². The molecule has 1 amide bonds.